The summed E-state index contributed by atoms with van der Waals surface area (Å²) in [5.74, 6) is -1.10. The number of hydrazone groups is 1. The molecule has 6 nitrogen and oxygen atoms in total. The van der Waals surface area contributed by atoms with Crippen molar-refractivity contribution in [3.8, 4) is 5.69 Å². The number of nitrogens with zero attached hydrogens (tertiary/aromatic N) is 2. The summed E-state index contributed by atoms with van der Waals surface area (Å²) >= 11 is 0. The van der Waals surface area contributed by atoms with Crippen LogP contribution in [-0.4, -0.2) is 27.8 Å². The summed E-state index contributed by atoms with van der Waals surface area (Å²) in [5.41, 5.74) is 8.64. The summed E-state index contributed by atoms with van der Waals surface area (Å²) < 4.78 is 2.06. The molecule has 2 N–H and O–H groups in total. The standard InChI is InChI=1S/C23H23N3O3/c1-15-6-4-5-7-21(15)23(29)25-24-14-19-12-16(2)26(17(19)3)20-10-8-18(9-11-20)13-22(27)28/h4-12,14H,13H2,1-3H3,(H,25,29)(H,27,28)/b24-14-. The maximum Gasteiger partial charge on any atom is 0.307 e. The van der Waals surface area contributed by atoms with Crippen molar-refractivity contribution in [1.29, 1.82) is 0 Å². The van der Waals surface area contributed by atoms with Crippen molar-refractivity contribution in [3.63, 3.8) is 0 Å². The lowest BCUT2D eigenvalue weighted by molar-refractivity contribution is -0.136. The number of nitrogens with one attached hydrogen (secondary N) is 1. The molecule has 3 rings (SSSR count). The minimum absolute atomic E-state index is 0.00240. The zero-order valence-electron chi connectivity index (χ0n) is 16.6. The molecule has 0 unspecified atom stereocenters. The summed E-state index contributed by atoms with van der Waals surface area (Å²) in [6, 6.07) is 16.8. The monoisotopic (exact) mass is 389 g/mol. The van der Waals surface area contributed by atoms with Gasteiger partial charge in [0.2, 0.25) is 0 Å². The summed E-state index contributed by atoms with van der Waals surface area (Å²) in [6.07, 6.45) is 1.64. The van der Waals surface area contributed by atoms with E-state index in [4.69, 9.17) is 5.11 Å². The first-order valence-corrected chi connectivity index (χ1v) is 9.26. The minimum atomic E-state index is -0.850. The van der Waals surface area contributed by atoms with E-state index in [2.05, 4.69) is 15.1 Å². The fourth-order valence-corrected chi connectivity index (χ4v) is 3.30. The molecule has 0 aliphatic carbocycles. The van der Waals surface area contributed by atoms with Crippen molar-refractivity contribution in [2.24, 2.45) is 5.10 Å². The van der Waals surface area contributed by atoms with Crippen LogP contribution in [0.4, 0.5) is 0 Å². The van der Waals surface area contributed by atoms with Gasteiger partial charge in [-0.05, 0) is 56.2 Å². The highest BCUT2D eigenvalue weighted by Gasteiger charge is 2.11. The van der Waals surface area contributed by atoms with Crippen molar-refractivity contribution < 1.29 is 14.7 Å². The van der Waals surface area contributed by atoms with Gasteiger partial charge in [0, 0.05) is 28.2 Å². The van der Waals surface area contributed by atoms with E-state index in [9.17, 15) is 9.59 Å². The summed E-state index contributed by atoms with van der Waals surface area (Å²) in [7, 11) is 0. The molecule has 0 saturated heterocycles. The molecule has 29 heavy (non-hydrogen) atoms. The number of carbonyl (C=O) groups excluding carboxylic acids is 1. The fraction of sp³-hybridized carbons (Fsp3) is 0.174. The van der Waals surface area contributed by atoms with Gasteiger partial charge in [0.1, 0.15) is 0 Å². The lowest BCUT2D eigenvalue weighted by Gasteiger charge is -2.10. The molecule has 0 bridgehead atoms. The molecule has 0 aliphatic rings. The van der Waals surface area contributed by atoms with Gasteiger partial charge >= 0.3 is 5.97 Å². The van der Waals surface area contributed by atoms with E-state index >= 15 is 0 Å². The van der Waals surface area contributed by atoms with Gasteiger partial charge in [0.05, 0.1) is 12.6 Å². The molecule has 148 valence electrons. The second-order valence-corrected chi connectivity index (χ2v) is 6.91. The highest BCUT2D eigenvalue weighted by Crippen LogP contribution is 2.20. The third-order valence-corrected chi connectivity index (χ3v) is 4.78. The molecule has 0 aliphatic heterocycles. The number of hydrogen-bond donors (Lipinski definition) is 2. The normalized spacial score (nSPS) is 11.0. The van der Waals surface area contributed by atoms with Crippen LogP contribution in [0.15, 0.2) is 59.7 Å². The van der Waals surface area contributed by atoms with Crippen LogP contribution in [0.5, 0.6) is 0 Å². The Morgan fingerprint density at radius 3 is 2.41 bits per heavy atom. The molecule has 3 aromatic rings. The Bertz CT molecular complexity index is 1080. The largest absolute Gasteiger partial charge is 0.481 e. The number of carbonyl (C=O) groups is 2. The Kier molecular flexibility index (Phi) is 5.93. The van der Waals surface area contributed by atoms with Crippen molar-refractivity contribution in [2.75, 3.05) is 0 Å². The highest BCUT2D eigenvalue weighted by molar-refractivity contribution is 5.96. The molecule has 0 radical (unpaired) electrons. The Hall–Kier alpha value is -3.67. The SMILES string of the molecule is Cc1ccccc1C(=O)N/N=C\c1cc(C)n(-c2ccc(CC(=O)O)cc2)c1C. The van der Waals surface area contributed by atoms with Crippen molar-refractivity contribution in [1.82, 2.24) is 9.99 Å². The van der Waals surface area contributed by atoms with E-state index in [1.54, 1.807) is 12.3 Å². The van der Waals surface area contributed by atoms with Gasteiger partial charge in [0.15, 0.2) is 0 Å². The van der Waals surface area contributed by atoms with E-state index < -0.39 is 5.97 Å². The van der Waals surface area contributed by atoms with E-state index in [1.807, 2.05) is 69.3 Å². The van der Waals surface area contributed by atoms with Crippen LogP contribution in [0.2, 0.25) is 0 Å². The molecule has 6 heteroatoms. The number of amides is 1. The minimum Gasteiger partial charge on any atom is -0.481 e. The van der Waals surface area contributed by atoms with Crippen LogP contribution in [-0.2, 0) is 11.2 Å². The Balaban J connectivity index is 1.77. The quantitative estimate of drug-likeness (QED) is 0.497. The number of aryl methyl sites for hydroxylation is 2. The second-order valence-electron chi connectivity index (χ2n) is 6.91. The summed E-state index contributed by atoms with van der Waals surface area (Å²) in [6.45, 7) is 5.85. The first kappa shape index (κ1) is 20.1. The number of hydrogen-bond acceptors (Lipinski definition) is 3. The molecular weight excluding hydrogens is 366 g/mol. The van der Waals surface area contributed by atoms with Gasteiger partial charge in [-0.1, -0.05) is 30.3 Å². The summed E-state index contributed by atoms with van der Waals surface area (Å²) in [4.78, 5) is 23.1. The van der Waals surface area contributed by atoms with Crippen LogP contribution >= 0.6 is 0 Å². The second kappa shape index (κ2) is 8.56. The molecule has 2 aromatic carbocycles. The lowest BCUT2D eigenvalue weighted by Crippen LogP contribution is -2.18. The van der Waals surface area contributed by atoms with Crippen LogP contribution in [0.3, 0.4) is 0 Å². The van der Waals surface area contributed by atoms with Gasteiger partial charge in [-0.25, -0.2) is 5.43 Å². The van der Waals surface area contributed by atoms with Gasteiger partial charge < -0.3 is 9.67 Å². The van der Waals surface area contributed by atoms with Crippen LogP contribution in [0.1, 0.15) is 38.4 Å². The predicted octanol–water partition coefficient (Wildman–Crippen LogP) is 3.79. The zero-order valence-corrected chi connectivity index (χ0v) is 16.6. The number of aliphatic carboxylic acids is 1. The van der Waals surface area contributed by atoms with E-state index in [1.165, 1.54) is 0 Å². The number of aromatic nitrogens is 1. The van der Waals surface area contributed by atoms with Crippen molar-refractivity contribution in [3.05, 3.63) is 88.2 Å². The van der Waals surface area contributed by atoms with E-state index in [-0.39, 0.29) is 12.3 Å². The Morgan fingerprint density at radius 2 is 1.76 bits per heavy atom. The maximum atomic E-state index is 12.3. The maximum absolute atomic E-state index is 12.3. The van der Waals surface area contributed by atoms with Crippen molar-refractivity contribution >= 4 is 18.1 Å². The molecule has 0 saturated carbocycles. The zero-order chi connectivity index (χ0) is 21.0. The number of benzene rings is 2. The van der Waals surface area contributed by atoms with Crippen molar-refractivity contribution in [2.45, 2.75) is 27.2 Å². The molecule has 0 atom stereocenters. The van der Waals surface area contributed by atoms with Gasteiger partial charge in [-0.2, -0.15) is 5.10 Å². The molecule has 1 heterocycles. The average molecular weight is 389 g/mol. The first-order chi connectivity index (χ1) is 13.9. The number of carboxylic acids is 1. The topological polar surface area (TPSA) is 83.7 Å². The third kappa shape index (κ3) is 4.60. The lowest BCUT2D eigenvalue weighted by atomic mass is 10.1. The van der Waals surface area contributed by atoms with Gasteiger partial charge in [-0.15, -0.1) is 0 Å². The van der Waals surface area contributed by atoms with Crippen LogP contribution < -0.4 is 5.43 Å². The van der Waals surface area contributed by atoms with Crippen LogP contribution in [0.25, 0.3) is 5.69 Å². The average Bonchev–Trinajstić information content (AvgIpc) is 2.96. The van der Waals surface area contributed by atoms with Crippen LogP contribution in [0, 0.1) is 20.8 Å². The van der Waals surface area contributed by atoms with E-state index in [0.29, 0.717) is 5.56 Å². The molecule has 1 amide bonds. The summed E-state index contributed by atoms with van der Waals surface area (Å²) in [5, 5.41) is 13.0. The first-order valence-electron chi connectivity index (χ1n) is 9.26. The molecule has 0 spiro atoms. The van der Waals surface area contributed by atoms with E-state index in [0.717, 1.165) is 33.8 Å². The Labute approximate surface area is 169 Å². The molecular formula is C23H23N3O3. The Morgan fingerprint density at radius 1 is 1.07 bits per heavy atom. The smallest absolute Gasteiger partial charge is 0.307 e. The molecule has 1 aromatic heterocycles. The number of carboxylic acid groups (broad SMARTS) is 1. The van der Waals surface area contributed by atoms with Gasteiger partial charge in [-0.3, -0.25) is 9.59 Å². The fourth-order valence-electron chi connectivity index (χ4n) is 3.30. The number of rotatable bonds is 6. The van der Waals surface area contributed by atoms with Gasteiger partial charge in [0.25, 0.3) is 5.91 Å². The highest BCUT2D eigenvalue weighted by atomic mass is 16.4. The molecule has 0 fully saturated rings. The predicted molar refractivity (Wildman–Crippen MR) is 113 cm³/mol. The third-order valence-electron chi connectivity index (χ3n) is 4.78.